The summed E-state index contributed by atoms with van der Waals surface area (Å²) >= 11 is 9.41. The summed E-state index contributed by atoms with van der Waals surface area (Å²) in [6.45, 7) is 2.80. The minimum Gasteiger partial charge on any atom is -0.496 e. The van der Waals surface area contributed by atoms with Crippen LogP contribution in [0.1, 0.15) is 11.1 Å². The molecule has 4 heteroatoms. The summed E-state index contributed by atoms with van der Waals surface area (Å²) in [6, 6.07) is 11.9. The van der Waals surface area contributed by atoms with E-state index in [0.29, 0.717) is 0 Å². The molecule has 0 radical (unpaired) electrons. The largest absolute Gasteiger partial charge is 0.496 e. The van der Waals surface area contributed by atoms with Crippen LogP contribution in [0, 0.1) is 6.92 Å². The zero-order chi connectivity index (χ0) is 13.8. The van der Waals surface area contributed by atoms with Crippen molar-refractivity contribution in [1.29, 1.82) is 0 Å². The van der Waals surface area contributed by atoms with Crippen LogP contribution in [0.2, 0.25) is 5.02 Å². The van der Waals surface area contributed by atoms with Crippen LogP contribution in [-0.2, 0) is 6.54 Å². The molecular formula is C15H15BrClNO. The molecule has 0 atom stereocenters. The van der Waals surface area contributed by atoms with Crippen molar-refractivity contribution in [3.05, 3.63) is 57.0 Å². The highest BCUT2D eigenvalue weighted by atomic mass is 79.9. The topological polar surface area (TPSA) is 21.3 Å². The summed E-state index contributed by atoms with van der Waals surface area (Å²) in [7, 11) is 1.69. The lowest BCUT2D eigenvalue weighted by Gasteiger charge is -2.11. The lowest BCUT2D eigenvalue weighted by molar-refractivity contribution is 0.411. The van der Waals surface area contributed by atoms with Crippen molar-refractivity contribution in [2.45, 2.75) is 13.5 Å². The van der Waals surface area contributed by atoms with Crippen LogP contribution >= 0.6 is 27.5 Å². The van der Waals surface area contributed by atoms with Gasteiger partial charge in [-0.2, -0.15) is 0 Å². The molecule has 0 unspecified atom stereocenters. The second kappa shape index (κ2) is 6.31. The molecule has 2 rings (SSSR count). The van der Waals surface area contributed by atoms with Gasteiger partial charge in [0.15, 0.2) is 0 Å². The van der Waals surface area contributed by atoms with Crippen molar-refractivity contribution >= 4 is 33.2 Å². The third-order valence-corrected chi connectivity index (χ3v) is 3.76. The summed E-state index contributed by atoms with van der Waals surface area (Å²) in [5, 5.41) is 4.09. The van der Waals surface area contributed by atoms with Crippen LogP contribution in [0.3, 0.4) is 0 Å². The SMILES string of the molecule is COc1ccc(CNc2ccc(Cl)cc2Br)cc1C. The average molecular weight is 341 g/mol. The molecule has 0 saturated heterocycles. The fourth-order valence-electron chi connectivity index (χ4n) is 1.88. The Kier molecular flexibility index (Phi) is 4.72. The Labute approximate surface area is 126 Å². The van der Waals surface area contributed by atoms with Gasteiger partial charge in [-0.05, 0) is 58.2 Å². The molecule has 0 bridgehead atoms. The zero-order valence-electron chi connectivity index (χ0n) is 10.8. The van der Waals surface area contributed by atoms with Gasteiger partial charge in [-0.3, -0.25) is 0 Å². The van der Waals surface area contributed by atoms with Gasteiger partial charge in [-0.15, -0.1) is 0 Å². The predicted octanol–water partition coefficient (Wildman–Crippen LogP) is 5.03. The fraction of sp³-hybridized carbons (Fsp3) is 0.200. The lowest BCUT2D eigenvalue weighted by Crippen LogP contribution is -2.00. The van der Waals surface area contributed by atoms with Crippen molar-refractivity contribution in [2.75, 3.05) is 12.4 Å². The van der Waals surface area contributed by atoms with E-state index in [1.54, 1.807) is 7.11 Å². The molecule has 0 saturated carbocycles. The fourth-order valence-corrected chi connectivity index (χ4v) is 2.70. The smallest absolute Gasteiger partial charge is 0.121 e. The molecule has 0 heterocycles. The number of rotatable bonds is 4. The van der Waals surface area contributed by atoms with Gasteiger partial charge in [-0.25, -0.2) is 0 Å². The van der Waals surface area contributed by atoms with E-state index in [4.69, 9.17) is 16.3 Å². The first kappa shape index (κ1) is 14.2. The Morgan fingerprint density at radius 1 is 1.21 bits per heavy atom. The Morgan fingerprint density at radius 2 is 2.00 bits per heavy atom. The van der Waals surface area contributed by atoms with E-state index in [9.17, 15) is 0 Å². The second-order valence-corrected chi connectivity index (χ2v) is 5.57. The minimum absolute atomic E-state index is 0.720. The molecule has 2 aromatic rings. The van der Waals surface area contributed by atoms with Crippen molar-refractivity contribution in [2.24, 2.45) is 0 Å². The standard InChI is InChI=1S/C15H15BrClNO/c1-10-7-11(3-6-15(10)19-2)9-18-14-5-4-12(17)8-13(14)16/h3-8,18H,9H2,1-2H3. The maximum Gasteiger partial charge on any atom is 0.121 e. The van der Waals surface area contributed by atoms with Gasteiger partial charge in [0.05, 0.1) is 7.11 Å². The van der Waals surface area contributed by atoms with Gasteiger partial charge in [-0.1, -0.05) is 23.7 Å². The zero-order valence-corrected chi connectivity index (χ0v) is 13.2. The number of hydrogen-bond acceptors (Lipinski definition) is 2. The van der Waals surface area contributed by atoms with E-state index in [-0.39, 0.29) is 0 Å². The first-order valence-corrected chi connectivity index (χ1v) is 7.09. The molecule has 100 valence electrons. The molecule has 0 spiro atoms. The maximum atomic E-state index is 5.92. The van der Waals surface area contributed by atoms with Gasteiger partial charge in [0, 0.05) is 21.7 Å². The normalized spacial score (nSPS) is 10.3. The van der Waals surface area contributed by atoms with Crippen molar-refractivity contribution in [1.82, 2.24) is 0 Å². The summed E-state index contributed by atoms with van der Waals surface area (Å²) in [6.07, 6.45) is 0. The predicted molar refractivity (Wildman–Crippen MR) is 84.2 cm³/mol. The van der Waals surface area contributed by atoms with Gasteiger partial charge >= 0.3 is 0 Å². The van der Waals surface area contributed by atoms with E-state index >= 15 is 0 Å². The highest BCUT2D eigenvalue weighted by Crippen LogP contribution is 2.26. The first-order valence-electron chi connectivity index (χ1n) is 5.92. The monoisotopic (exact) mass is 339 g/mol. The van der Waals surface area contributed by atoms with Gasteiger partial charge in [0.25, 0.3) is 0 Å². The molecule has 2 nitrogen and oxygen atoms in total. The Morgan fingerprint density at radius 3 is 2.63 bits per heavy atom. The van der Waals surface area contributed by atoms with Crippen molar-refractivity contribution < 1.29 is 4.74 Å². The molecule has 2 aromatic carbocycles. The van der Waals surface area contributed by atoms with Crippen LogP contribution < -0.4 is 10.1 Å². The van der Waals surface area contributed by atoms with E-state index in [0.717, 1.165) is 33.0 Å². The molecular weight excluding hydrogens is 326 g/mol. The highest BCUT2D eigenvalue weighted by Gasteiger charge is 2.02. The molecule has 0 aromatic heterocycles. The second-order valence-electron chi connectivity index (χ2n) is 4.28. The van der Waals surface area contributed by atoms with E-state index < -0.39 is 0 Å². The van der Waals surface area contributed by atoms with Crippen molar-refractivity contribution in [3.8, 4) is 5.75 Å². The average Bonchev–Trinajstić information content (AvgIpc) is 2.38. The number of methoxy groups -OCH3 is 1. The Balaban J connectivity index is 2.08. The summed E-state index contributed by atoms with van der Waals surface area (Å²) < 4.78 is 6.22. The van der Waals surface area contributed by atoms with E-state index in [1.807, 2.05) is 31.2 Å². The van der Waals surface area contributed by atoms with Crippen molar-refractivity contribution in [3.63, 3.8) is 0 Å². The number of ether oxygens (including phenoxy) is 1. The highest BCUT2D eigenvalue weighted by molar-refractivity contribution is 9.10. The van der Waals surface area contributed by atoms with Crippen LogP contribution in [-0.4, -0.2) is 7.11 Å². The third-order valence-electron chi connectivity index (χ3n) is 2.87. The maximum absolute atomic E-state index is 5.92. The van der Waals surface area contributed by atoms with E-state index in [2.05, 4.69) is 33.4 Å². The number of nitrogens with one attached hydrogen (secondary N) is 1. The van der Waals surface area contributed by atoms with Crippen LogP contribution in [0.25, 0.3) is 0 Å². The van der Waals surface area contributed by atoms with Crippen LogP contribution in [0.5, 0.6) is 5.75 Å². The molecule has 0 fully saturated rings. The summed E-state index contributed by atoms with van der Waals surface area (Å²) in [5.74, 6) is 0.913. The van der Waals surface area contributed by atoms with Gasteiger partial charge in [0.1, 0.15) is 5.75 Å². The number of anilines is 1. The molecule has 19 heavy (non-hydrogen) atoms. The van der Waals surface area contributed by atoms with Gasteiger partial charge in [0.2, 0.25) is 0 Å². The number of hydrogen-bond donors (Lipinski definition) is 1. The lowest BCUT2D eigenvalue weighted by atomic mass is 10.1. The molecule has 0 aliphatic heterocycles. The van der Waals surface area contributed by atoms with Crippen LogP contribution in [0.15, 0.2) is 40.9 Å². The van der Waals surface area contributed by atoms with E-state index in [1.165, 1.54) is 5.56 Å². The summed E-state index contributed by atoms with van der Waals surface area (Å²) in [4.78, 5) is 0. The van der Waals surface area contributed by atoms with Crippen LogP contribution in [0.4, 0.5) is 5.69 Å². The molecule has 0 amide bonds. The third kappa shape index (κ3) is 3.64. The minimum atomic E-state index is 0.720. The number of benzene rings is 2. The molecule has 1 N–H and O–H groups in total. The Bertz CT molecular complexity index is 586. The Hall–Kier alpha value is -1.19. The molecule has 0 aliphatic rings. The molecule has 0 aliphatic carbocycles. The quantitative estimate of drug-likeness (QED) is 0.842. The van der Waals surface area contributed by atoms with Gasteiger partial charge < -0.3 is 10.1 Å². The summed E-state index contributed by atoms with van der Waals surface area (Å²) in [5.41, 5.74) is 3.37. The number of aryl methyl sites for hydroxylation is 1. The number of halogens is 2. The first-order chi connectivity index (χ1) is 9.10.